The van der Waals surface area contributed by atoms with Gasteiger partial charge in [-0.1, -0.05) is 91.0 Å². The predicted octanol–water partition coefficient (Wildman–Crippen LogP) is 7.51. The van der Waals surface area contributed by atoms with Crippen LogP contribution in [0, 0.1) is 0 Å². The van der Waals surface area contributed by atoms with Crippen molar-refractivity contribution in [1.82, 2.24) is 4.90 Å². The standard InChI is InChI=1S/C31H25N3O2S/c1-23(19-24-9-4-2-5-10-24)21-32-33-31-34(22-28-13-8-18-36-28)30(35)29(37-31)20-25-14-16-27(17-15-25)26-11-6-3-7-12-26/h2-21H,22H2,1H3/b23-19+,29-20-,32-21+,33-31-. The van der Waals surface area contributed by atoms with Crippen molar-refractivity contribution in [3.63, 3.8) is 0 Å². The Balaban J connectivity index is 1.37. The first-order valence-corrected chi connectivity index (χ1v) is 12.7. The molecule has 0 N–H and O–H groups in total. The van der Waals surface area contributed by atoms with E-state index in [1.54, 1.807) is 23.4 Å². The van der Waals surface area contributed by atoms with Crippen molar-refractivity contribution in [2.75, 3.05) is 0 Å². The van der Waals surface area contributed by atoms with Gasteiger partial charge in [0.2, 0.25) is 0 Å². The lowest BCUT2D eigenvalue weighted by Gasteiger charge is -2.12. The highest BCUT2D eigenvalue weighted by Crippen LogP contribution is 2.34. The Kier molecular flexibility index (Phi) is 7.58. The van der Waals surface area contributed by atoms with Crippen LogP contribution in [0.2, 0.25) is 0 Å². The summed E-state index contributed by atoms with van der Waals surface area (Å²) < 4.78 is 5.48. The Labute approximate surface area is 220 Å². The normalized spacial score (nSPS) is 16.4. The minimum Gasteiger partial charge on any atom is -0.467 e. The van der Waals surface area contributed by atoms with Gasteiger partial charge in [-0.2, -0.15) is 5.10 Å². The molecule has 0 saturated carbocycles. The molecule has 1 fully saturated rings. The van der Waals surface area contributed by atoms with Crippen LogP contribution in [0.1, 0.15) is 23.8 Å². The maximum atomic E-state index is 13.3. The van der Waals surface area contributed by atoms with E-state index in [0.29, 0.717) is 15.8 Å². The van der Waals surface area contributed by atoms with Gasteiger partial charge in [0, 0.05) is 0 Å². The Morgan fingerprint density at radius 2 is 1.57 bits per heavy atom. The zero-order valence-corrected chi connectivity index (χ0v) is 21.1. The number of thioether (sulfide) groups is 1. The summed E-state index contributed by atoms with van der Waals surface area (Å²) in [5.41, 5.74) is 5.27. The van der Waals surface area contributed by atoms with E-state index in [2.05, 4.69) is 34.5 Å². The van der Waals surface area contributed by atoms with E-state index < -0.39 is 0 Å². The Morgan fingerprint density at radius 1 is 0.865 bits per heavy atom. The van der Waals surface area contributed by atoms with Crippen molar-refractivity contribution < 1.29 is 9.21 Å². The lowest BCUT2D eigenvalue weighted by atomic mass is 10.0. The molecule has 5 nitrogen and oxygen atoms in total. The third-order valence-corrected chi connectivity index (χ3v) is 6.69. The van der Waals surface area contributed by atoms with Gasteiger partial charge in [-0.3, -0.25) is 9.69 Å². The molecule has 3 aromatic carbocycles. The van der Waals surface area contributed by atoms with Crippen LogP contribution in [0.25, 0.3) is 23.3 Å². The molecule has 0 aliphatic carbocycles. The molecule has 5 rings (SSSR count). The molecule has 4 aromatic rings. The second kappa shape index (κ2) is 11.5. The van der Waals surface area contributed by atoms with E-state index in [1.165, 1.54) is 11.8 Å². The fourth-order valence-electron chi connectivity index (χ4n) is 3.85. The topological polar surface area (TPSA) is 58.2 Å². The zero-order chi connectivity index (χ0) is 25.5. The molecule has 2 heterocycles. The van der Waals surface area contributed by atoms with Gasteiger partial charge in [0.25, 0.3) is 5.91 Å². The highest BCUT2D eigenvalue weighted by molar-refractivity contribution is 8.18. The number of allylic oxidation sites excluding steroid dienone is 1. The number of hydrogen-bond acceptors (Lipinski definition) is 5. The van der Waals surface area contributed by atoms with E-state index in [0.717, 1.165) is 27.8 Å². The van der Waals surface area contributed by atoms with Gasteiger partial charge in [0.1, 0.15) is 5.76 Å². The highest BCUT2D eigenvalue weighted by Gasteiger charge is 2.34. The summed E-state index contributed by atoms with van der Waals surface area (Å²) >= 11 is 1.31. The summed E-state index contributed by atoms with van der Waals surface area (Å²) in [4.78, 5) is 15.5. The van der Waals surface area contributed by atoms with Crippen LogP contribution in [0.4, 0.5) is 0 Å². The summed E-state index contributed by atoms with van der Waals surface area (Å²) in [6.45, 7) is 2.25. The smallest absolute Gasteiger partial charge is 0.267 e. The lowest BCUT2D eigenvalue weighted by Crippen LogP contribution is -2.28. The van der Waals surface area contributed by atoms with Crippen molar-refractivity contribution in [3.05, 3.63) is 131 Å². The average molecular weight is 504 g/mol. The predicted molar refractivity (Wildman–Crippen MR) is 153 cm³/mol. The van der Waals surface area contributed by atoms with Gasteiger partial charge in [-0.15, -0.1) is 5.10 Å². The Bertz CT molecular complexity index is 1470. The van der Waals surface area contributed by atoms with Crippen molar-refractivity contribution >= 4 is 41.2 Å². The molecule has 1 amide bonds. The zero-order valence-electron chi connectivity index (χ0n) is 20.3. The molecule has 1 aliphatic heterocycles. The van der Waals surface area contributed by atoms with E-state index in [1.807, 2.05) is 85.8 Å². The van der Waals surface area contributed by atoms with Crippen molar-refractivity contribution in [2.45, 2.75) is 13.5 Å². The van der Waals surface area contributed by atoms with Gasteiger partial charge in [0.05, 0.1) is 23.9 Å². The minimum atomic E-state index is -0.126. The van der Waals surface area contributed by atoms with E-state index in [-0.39, 0.29) is 12.5 Å². The minimum absolute atomic E-state index is 0.126. The maximum absolute atomic E-state index is 13.3. The summed E-state index contributed by atoms with van der Waals surface area (Å²) in [5, 5.41) is 9.18. The van der Waals surface area contributed by atoms with Crippen LogP contribution in [0.5, 0.6) is 0 Å². The van der Waals surface area contributed by atoms with Crippen LogP contribution < -0.4 is 0 Å². The van der Waals surface area contributed by atoms with E-state index in [4.69, 9.17) is 4.42 Å². The second-order valence-electron chi connectivity index (χ2n) is 8.50. The average Bonchev–Trinajstić information content (AvgIpc) is 3.55. The molecule has 6 heteroatoms. The van der Waals surface area contributed by atoms with Gasteiger partial charge in [0.15, 0.2) is 5.17 Å². The lowest BCUT2D eigenvalue weighted by molar-refractivity contribution is -0.122. The number of carbonyl (C=O) groups excluding carboxylic acids is 1. The molecule has 1 saturated heterocycles. The number of amides is 1. The fraction of sp³-hybridized carbons (Fsp3) is 0.0645. The van der Waals surface area contributed by atoms with Crippen molar-refractivity contribution in [2.24, 2.45) is 10.2 Å². The Hall–Kier alpha value is -4.42. The summed E-state index contributed by atoms with van der Waals surface area (Å²) in [6.07, 6.45) is 7.21. The molecule has 0 atom stereocenters. The highest BCUT2D eigenvalue weighted by atomic mass is 32.2. The van der Waals surface area contributed by atoms with Crippen LogP contribution in [-0.2, 0) is 11.3 Å². The number of benzene rings is 3. The molecular formula is C31H25N3O2S. The van der Waals surface area contributed by atoms with Gasteiger partial charge >= 0.3 is 0 Å². The number of nitrogens with zero attached hydrogens (tertiary/aromatic N) is 3. The van der Waals surface area contributed by atoms with Crippen LogP contribution in [0.3, 0.4) is 0 Å². The molecule has 0 spiro atoms. The maximum Gasteiger partial charge on any atom is 0.267 e. The molecule has 182 valence electrons. The first-order chi connectivity index (χ1) is 18.2. The summed E-state index contributed by atoms with van der Waals surface area (Å²) in [7, 11) is 0. The molecule has 0 unspecified atom stereocenters. The number of rotatable bonds is 7. The number of furan rings is 1. The third kappa shape index (κ3) is 6.23. The molecule has 1 aliphatic rings. The molecule has 0 radical (unpaired) electrons. The van der Waals surface area contributed by atoms with E-state index >= 15 is 0 Å². The fourth-order valence-corrected chi connectivity index (χ4v) is 4.79. The quantitative estimate of drug-likeness (QED) is 0.149. The molecule has 1 aromatic heterocycles. The van der Waals surface area contributed by atoms with Crippen molar-refractivity contribution in [1.29, 1.82) is 0 Å². The van der Waals surface area contributed by atoms with Gasteiger partial charge in [-0.25, -0.2) is 0 Å². The summed E-state index contributed by atoms with van der Waals surface area (Å²) in [6, 6.07) is 32.1. The van der Waals surface area contributed by atoms with Gasteiger partial charge in [-0.05, 0) is 64.7 Å². The molecule has 0 bridgehead atoms. The van der Waals surface area contributed by atoms with Gasteiger partial charge < -0.3 is 4.42 Å². The third-order valence-electron chi connectivity index (χ3n) is 5.70. The van der Waals surface area contributed by atoms with Crippen molar-refractivity contribution in [3.8, 4) is 11.1 Å². The molecule has 37 heavy (non-hydrogen) atoms. The molecular weight excluding hydrogens is 478 g/mol. The monoisotopic (exact) mass is 503 g/mol. The SMILES string of the molecule is CC(/C=N/N=C1\S/C(=C\c2ccc(-c3ccccc3)cc2)C(=O)N1Cc1ccco1)=C\c1ccccc1. The summed E-state index contributed by atoms with van der Waals surface area (Å²) in [5.74, 6) is 0.554. The Morgan fingerprint density at radius 3 is 2.27 bits per heavy atom. The first kappa shape index (κ1) is 24.3. The largest absolute Gasteiger partial charge is 0.467 e. The van der Waals surface area contributed by atoms with Crippen LogP contribution in [-0.4, -0.2) is 22.2 Å². The van der Waals surface area contributed by atoms with Crippen LogP contribution >= 0.6 is 11.8 Å². The second-order valence-corrected chi connectivity index (χ2v) is 9.50. The first-order valence-electron chi connectivity index (χ1n) is 11.9. The number of amidine groups is 1. The number of hydrogen-bond donors (Lipinski definition) is 0. The van der Waals surface area contributed by atoms with Crippen LogP contribution in [0.15, 0.2) is 128 Å². The number of carbonyl (C=O) groups is 1. The van der Waals surface area contributed by atoms with E-state index in [9.17, 15) is 4.79 Å².